The third-order valence-electron chi connectivity index (χ3n) is 2.20. The number of carbonyl (C=O) groups excluding carboxylic acids is 1. The van der Waals surface area contributed by atoms with E-state index < -0.39 is 5.97 Å². The van der Waals surface area contributed by atoms with E-state index in [1.807, 2.05) is 0 Å². The molecule has 98 valence electrons. The summed E-state index contributed by atoms with van der Waals surface area (Å²) < 4.78 is 0. The molecule has 0 saturated carbocycles. The number of hydrogen-bond donors (Lipinski definition) is 2. The van der Waals surface area contributed by atoms with Crippen molar-refractivity contribution in [2.24, 2.45) is 0 Å². The van der Waals surface area contributed by atoms with Crippen molar-refractivity contribution in [2.45, 2.75) is 13.0 Å². The van der Waals surface area contributed by atoms with Crippen LogP contribution in [0.15, 0.2) is 18.0 Å². The first kappa shape index (κ1) is 14.2. The van der Waals surface area contributed by atoms with Gasteiger partial charge in [0.25, 0.3) is 0 Å². The van der Waals surface area contributed by atoms with E-state index in [1.54, 1.807) is 20.0 Å². The lowest BCUT2D eigenvalue weighted by Crippen LogP contribution is -2.38. The molecule has 0 bridgehead atoms. The summed E-state index contributed by atoms with van der Waals surface area (Å²) in [6.07, 6.45) is 1.62. The van der Waals surface area contributed by atoms with Crippen LogP contribution in [0.1, 0.15) is 28.5 Å². The van der Waals surface area contributed by atoms with Crippen LogP contribution in [0.5, 0.6) is 0 Å². The summed E-state index contributed by atoms with van der Waals surface area (Å²) in [5.74, 6) is -1.07. The molecule has 0 aliphatic carbocycles. The summed E-state index contributed by atoms with van der Waals surface area (Å²) in [5, 5.41) is 13.5. The Kier molecular flexibility index (Phi) is 4.85. The van der Waals surface area contributed by atoms with Gasteiger partial charge in [0.2, 0.25) is 0 Å². The van der Waals surface area contributed by atoms with Crippen molar-refractivity contribution < 1.29 is 14.7 Å². The Morgan fingerprint density at radius 2 is 2.39 bits per heavy atom. The van der Waals surface area contributed by atoms with Crippen LogP contribution in [0, 0.1) is 0 Å². The Morgan fingerprint density at radius 3 is 2.89 bits per heavy atom. The van der Waals surface area contributed by atoms with Gasteiger partial charge >= 0.3 is 12.0 Å². The SMILES string of the molecule is C=CCN(C)C(=O)NC(C)c1nc(C(=O)O)cs1. The average molecular weight is 269 g/mol. The number of carbonyl (C=O) groups is 2. The van der Waals surface area contributed by atoms with Gasteiger partial charge in [0.1, 0.15) is 5.01 Å². The Bertz CT molecular complexity index is 458. The zero-order valence-corrected chi connectivity index (χ0v) is 11.0. The third-order valence-corrected chi connectivity index (χ3v) is 3.23. The molecule has 0 radical (unpaired) electrons. The number of nitrogens with one attached hydrogen (secondary N) is 1. The van der Waals surface area contributed by atoms with Gasteiger partial charge in [-0.25, -0.2) is 14.6 Å². The van der Waals surface area contributed by atoms with Crippen molar-refractivity contribution in [3.8, 4) is 0 Å². The fourth-order valence-corrected chi connectivity index (χ4v) is 2.02. The summed E-state index contributed by atoms with van der Waals surface area (Å²) in [6.45, 7) is 5.74. The molecule has 1 aromatic rings. The van der Waals surface area contributed by atoms with E-state index in [-0.39, 0.29) is 17.8 Å². The number of aromatic nitrogens is 1. The highest BCUT2D eigenvalue weighted by Crippen LogP contribution is 2.18. The Balaban J connectivity index is 2.64. The van der Waals surface area contributed by atoms with E-state index in [0.29, 0.717) is 11.6 Å². The standard InChI is InChI=1S/C11H15N3O3S/c1-4-5-14(3)11(17)12-7(2)9-13-8(6-18-9)10(15)16/h4,6-7H,1,5H2,2-3H3,(H,12,17)(H,15,16). The van der Waals surface area contributed by atoms with Crippen molar-refractivity contribution in [1.29, 1.82) is 0 Å². The van der Waals surface area contributed by atoms with Gasteiger partial charge in [0.05, 0.1) is 6.04 Å². The van der Waals surface area contributed by atoms with E-state index in [2.05, 4.69) is 16.9 Å². The number of carboxylic acid groups (broad SMARTS) is 1. The third kappa shape index (κ3) is 3.56. The molecule has 1 rings (SSSR count). The van der Waals surface area contributed by atoms with Gasteiger partial charge in [-0.05, 0) is 6.92 Å². The number of hydrogen-bond acceptors (Lipinski definition) is 4. The summed E-state index contributed by atoms with van der Waals surface area (Å²) in [4.78, 5) is 27.8. The van der Waals surface area contributed by atoms with E-state index in [9.17, 15) is 9.59 Å². The summed E-state index contributed by atoms with van der Waals surface area (Å²) in [5.41, 5.74) is -0.00412. The lowest BCUT2D eigenvalue weighted by molar-refractivity contribution is 0.0691. The van der Waals surface area contributed by atoms with E-state index >= 15 is 0 Å². The zero-order valence-electron chi connectivity index (χ0n) is 10.2. The van der Waals surface area contributed by atoms with Gasteiger partial charge in [-0.3, -0.25) is 0 Å². The molecule has 1 aromatic heterocycles. The Labute approximate surface area is 109 Å². The maximum absolute atomic E-state index is 11.7. The summed E-state index contributed by atoms with van der Waals surface area (Å²) in [7, 11) is 1.65. The molecule has 0 aliphatic rings. The molecule has 1 heterocycles. The van der Waals surface area contributed by atoms with Crippen molar-refractivity contribution in [1.82, 2.24) is 15.2 Å². The highest BCUT2D eigenvalue weighted by Gasteiger charge is 2.17. The van der Waals surface area contributed by atoms with Crippen molar-refractivity contribution in [3.63, 3.8) is 0 Å². The second-order valence-corrected chi connectivity index (χ2v) is 4.61. The molecule has 1 atom stereocenters. The molecule has 6 nitrogen and oxygen atoms in total. The summed E-state index contributed by atoms with van der Waals surface area (Å²) in [6, 6.07) is -0.586. The molecule has 0 aliphatic heterocycles. The molecule has 0 aromatic carbocycles. The monoisotopic (exact) mass is 269 g/mol. The number of nitrogens with zero attached hydrogens (tertiary/aromatic N) is 2. The molecule has 2 N–H and O–H groups in total. The smallest absolute Gasteiger partial charge is 0.355 e. The van der Waals surface area contributed by atoms with Gasteiger partial charge < -0.3 is 15.3 Å². The quantitative estimate of drug-likeness (QED) is 0.797. The molecule has 0 saturated heterocycles. The minimum Gasteiger partial charge on any atom is -0.476 e. The van der Waals surface area contributed by atoms with Crippen LogP contribution < -0.4 is 5.32 Å². The molecular formula is C11H15N3O3S. The molecule has 18 heavy (non-hydrogen) atoms. The van der Waals surface area contributed by atoms with Crippen LogP contribution in [0.2, 0.25) is 0 Å². The van der Waals surface area contributed by atoms with Crippen LogP contribution in [0.4, 0.5) is 4.79 Å². The van der Waals surface area contributed by atoms with E-state index in [0.717, 1.165) is 0 Å². The van der Waals surface area contributed by atoms with Crippen molar-refractivity contribution >= 4 is 23.3 Å². The Hall–Kier alpha value is -1.89. The number of likely N-dealkylation sites (N-methyl/N-ethyl adjacent to an activating group) is 1. The number of aromatic carboxylic acids is 1. The molecular weight excluding hydrogens is 254 g/mol. The van der Waals surface area contributed by atoms with Crippen LogP contribution in [-0.4, -0.2) is 40.6 Å². The van der Waals surface area contributed by atoms with Crippen molar-refractivity contribution in [2.75, 3.05) is 13.6 Å². The van der Waals surface area contributed by atoms with Crippen LogP contribution >= 0.6 is 11.3 Å². The molecule has 1 unspecified atom stereocenters. The van der Waals surface area contributed by atoms with Crippen LogP contribution in [0.25, 0.3) is 0 Å². The van der Waals surface area contributed by atoms with Gasteiger partial charge in [0.15, 0.2) is 5.69 Å². The summed E-state index contributed by atoms with van der Waals surface area (Å²) >= 11 is 1.21. The zero-order chi connectivity index (χ0) is 13.7. The van der Waals surface area contributed by atoms with Gasteiger partial charge in [-0.15, -0.1) is 17.9 Å². The topological polar surface area (TPSA) is 82.5 Å². The number of carboxylic acids is 1. The van der Waals surface area contributed by atoms with Crippen LogP contribution in [-0.2, 0) is 0 Å². The minimum absolute atomic E-state index is 0.00412. The first-order valence-corrected chi connectivity index (χ1v) is 6.15. The maximum Gasteiger partial charge on any atom is 0.355 e. The highest BCUT2D eigenvalue weighted by molar-refractivity contribution is 7.09. The normalized spacial score (nSPS) is 11.7. The minimum atomic E-state index is -1.07. The van der Waals surface area contributed by atoms with Gasteiger partial charge in [-0.2, -0.15) is 0 Å². The first-order valence-electron chi connectivity index (χ1n) is 5.27. The van der Waals surface area contributed by atoms with Gasteiger partial charge in [0, 0.05) is 19.0 Å². The molecule has 2 amide bonds. The number of rotatable bonds is 5. The average Bonchev–Trinajstić information content (AvgIpc) is 2.78. The van der Waals surface area contributed by atoms with E-state index in [1.165, 1.54) is 21.6 Å². The predicted molar refractivity (Wildman–Crippen MR) is 68.8 cm³/mol. The Morgan fingerprint density at radius 1 is 1.72 bits per heavy atom. The maximum atomic E-state index is 11.7. The second kappa shape index (κ2) is 6.15. The molecule has 0 fully saturated rings. The lowest BCUT2D eigenvalue weighted by atomic mass is 10.3. The first-order chi connectivity index (χ1) is 8.45. The number of urea groups is 1. The fourth-order valence-electron chi connectivity index (χ4n) is 1.22. The second-order valence-electron chi connectivity index (χ2n) is 3.72. The largest absolute Gasteiger partial charge is 0.476 e. The molecule has 7 heteroatoms. The van der Waals surface area contributed by atoms with E-state index in [4.69, 9.17) is 5.11 Å². The van der Waals surface area contributed by atoms with Gasteiger partial charge in [-0.1, -0.05) is 6.08 Å². The fraction of sp³-hybridized carbons (Fsp3) is 0.364. The molecule has 0 spiro atoms. The van der Waals surface area contributed by atoms with Crippen LogP contribution in [0.3, 0.4) is 0 Å². The number of amides is 2. The highest BCUT2D eigenvalue weighted by atomic mass is 32.1. The predicted octanol–water partition coefficient (Wildman–Crippen LogP) is 1.73. The van der Waals surface area contributed by atoms with Crippen molar-refractivity contribution in [3.05, 3.63) is 28.7 Å². The lowest BCUT2D eigenvalue weighted by Gasteiger charge is -2.18. The number of thiazole rings is 1.